The second kappa shape index (κ2) is 9.78. The van der Waals surface area contributed by atoms with E-state index in [2.05, 4.69) is 36.6 Å². The smallest absolute Gasteiger partial charge is 0.224 e. The Morgan fingerprint density at radius 2 is 1.75 bits per heavy atom. The van der Waals surface area contributed by atoms with Gasteiger partial charge < -0.3 is 10.6 Å². The molecule has 4 heteroatoms. The van der Waals surface area contributed by atoms with Crippen LogP contribution in [0.4, 0.5) is 0 Å². The van der Waals surface area contributed by atoms with Crippen molar-refractivity contribution >= 4 is 18.3 Å². The van der Waals surface area contributed by atoms with E-state index in [0.29, 0.717) is 12.5 Å². The standard InChI is InChI=1S/C16H26N2O.ClH/c1-12(2)10-15(14-8-6-5-7-9-14)18-16(19)13(3)11-17-4;/h5-9,12-13,15,17H,10-11H2,1-4H3,(H,18,19);1H. The Balaban J connectivity index is 0.00000361. The maximum absolute atomic E-state index is 12.1. The average Bonchev–Trinajstić information content (AvgIpc) is 2.38. The zero-order chi connectivity index (χ0) is 14.3. The van der Waals surface area contributed by atoms with Crippen molar-refractivity contribution in [2.45, 2.75) is 33.2 Å². The summed E-state index contributed by atoms with van der Waals surface area (Å²) in [5.41, 5.74) is 1.18. The van der Waals surface area contributed by atoms with E-state index in [1.807, 2.05) is 32.2 Å². The first-order valence-corrected chi connectivity index (χ1v) is 7.04. The van der Waals surface area contributed by atoms with Gasteiger partial charge in [-0.25, -0.2) is 0 Å². The van der Waals surface area contributed by atoms with Gasteiger partial charge in [-0.2, -0.15) is 0 Å². The Labute approximate surface area is 128 Å². The number of carbonyl (C=O) groups excluding carboxylic acids is 1. The van der Waals surface area contributed by atoms with E-state index in [-0.39, 0.29) is 30.3 Å². The lowest BCUT2D eigenvalue weighted by molar-refractivity contribution is -0.125. The largest absolute Gasteiger partial charge is 0.349 e. The highest BCUT2D eigenvalue weighted by Gasteiger charge is 2.19. The minimum absolute atomic E-state index is 0. The molecule has 20 heavy (non-hydrogen) atoms. The Kier molecular flexibility index (Phi) is 9.26. The summed E-state index contributed by atoms with van der Waals surface area (Å²) in [6.07, 6.45) is 0.960. The van der Waals surface area contributed by atoms with Crippen molar-refractivity contribution in [2.24, 2.45) is 11.8 Å². The third-order valence-electron chi connectivity index (χ3n) is 3.18. The van der Waals surface area contributed by atoms with E-state index < -0.39 is 0 Å². The van der Waals surface area contributed by atoms with Gasteiger partial charge in [0.15, 0.2) is 0 Å². The van der Waals surface area contributed by atoms with Crippen LogP contribution in [0, 0.1) is 11.8 Å². The van der Waals surface area contributed by atoms with Gasteiger partial charge in [-0.3, -0.25) is 4.79 Å². The van der Waals surface area contributed by atoms with E-state index >= 15 is 0 Å². The molecule has 0 saturated heterocycles. The third-order valence-corrected chi connectivity index (χ3v) is 3.18. The lowest BCUT2D eigenvalue weighted by atomic mass is 9.96. The van der Waals surface area contributed by atoms with Gasteiger partial charge in [0.1, 0.15) is 0 Å². The van der Waals surface area contributed by atoms with Crippen LogP contribution in [0.25, 0.3) is 0 Å². The molecule has 0 bridgehead atoms. The molecule has 1 rings (SSSR count). The van der Waals surface area contributed by atoms with Crippen molar-refractivity contribution < 1.29 is 4.79 Å². The number of halogens is 1. The monoisotopic (exact) mass is 298 g/mol. The summed E-state index contributed by atoms with van der Waals surface area (Å²) in [5.74, 6) is 0.650. The first-order chi connectivity index (χ1) is 9.04. The van der Waals surface area contributed by atoms with E-state index in [9.17, 15) is 4.79 Å². The molecule has 0 heterocycles. The number of amides is 1. The summed E-state index contributed by atoms with van der Waals surface area (Å²) >= 11 is 0. The van der Waals surface area contributed by atoms with E-state index in [1.54, 1.807) is 0 Å². The number of carbonyl (C=O) groups is 1. The highest BCUT2D eigenvalue weighted by Crippen LogP contribution is 2.21. The zero-order valence-corrected chi connectivity index (χ0v) is 13.7. The molecule has 0 aliphatic carbocycles. The van der Waals surface area contributed by atoms with Gasteiger partial charge >= 0.3 is 0 Å². The number of hydrogen-bond acceptors (Lipinski definition) is 2. The maximum atomic E-state index is 12.1. The second-order valence-electron chi connectivity index (χ2n) is 5.56. The highest BCUT2D eigenvalue weighted by atomic mass is 35.5. The van der Waals surface area contributed by atoms with Crippen molar-refractivity contribution in [3.8, 4) is 0 Å². The summed E-state index contributed by atoms with van der Waals surface area (Å²) in [6, 6.07) is 10.3. The molecule has 0 aromatic heterocycles. The molecule has 0 spiro atoms. The molecule has 2 unspecified atom stereocenters. The summed E-state index contributed by atoms with van der Waals surface area (Å²) < 4.78 is 0. The molecule has 3 nitrogen and oxygen atoms in total. The van der Waals surface area contributed by atoms with Gasteiger partial charge in [-0.15, -0.1) is 12.4 Å². The van der Waals surface area contributed by atoms with Gasteiger partial charge in [0.25, 0.3) is 0 Å². The minimum Gasteiger partial charge on any atom is -0.349 e. The second-order valence-corrected chi connectivity index (χ2v) is 5.56. The highest BCUT2D eigenvalue weighted by molar-refractivity contribution is 5.85. The molecule has 0 radical (unpaired) electrons. The predicted octanol–water partition coefficient (Wildman–Crippen LogP) is 3.17. The van der Waals surface area contributed by atoms with Crippen LogP contribution >= 0.6 is 12.4 Å². The lowest BCUT2D eigenvalue weighted by Crippen LogP contribution is -2.37. The summed E-state index contributed by atoms with van der Waals surface area (Å²) in [5, 5.41) is 6.21. The van der Waals surface area contributed by atoms with E-state index in [4.69, 9.17) is 0 Å². The molecule has 1 aromatic rings. The fraction of sp³-hybridized carbons (Fsp3) is 0.562. The van der Waals surface area contributed by atoms with Gasteiger partial charge in [0.2, 0.25) is 5.91 Å². The molecular weight excluding hydrogens is 272 g/mol. The lowest BCUT2D eigenvalue weighted by Gasteiger charge is -2.23. The van der Waals surface area contributed by atoms with Crippen molar-refractivity contribution in [1.29, 1.82) is 0 Å². The summed E-state index contributed by atoms with van der Waals surface area (Å²) in [6.45, 7) is 7.01. The fourth-order valence-electron chi connectivity index (χ4n) is 2.15. The molecule has 0 aliphatic rings. The van der Waals surface area contributed by atoms with Gasteiger partial charge in [0, 0.05) is 12.5 Å². The predicted molar refractivity (Wildman–Crippen MR) is 87.1 cm³/mol. The van der Waals surface area contributed by atoms with Crippen LogP contribution in [0.1, 0.15) is 38.8 Å². The van der Waals surface area contributed by atoms with Crippen LogP contribution in [0.2, 0.25) is 0 Å². The van der Waals surface area contributed by atoms with Crippen LogP contribution in [0.5, 0.6) is 0 Å². The van der Waals surface area contributed by atoms with Crippen molar-refractivity contribution in [3.05, 3.63) is 35.9 Å². The molecular formula is C16H27ClN2O. The number of hydrogen-bond donors (Lipinski definition) is 2. The first kappa shape index (κ1) is 18.9. The molecule has 0 saturated carbocycles. The molecule has 0 aliphatic heterocycles. The minimum atomic E-state index is -0.0108. The van der Waals surface area contributed by atoms with Crippen LogP contribution in [-0.2, 0) is 4.79 Å². The van der Waals surface area contributed by atoms with Gasteiger partial charge in [0.05, 0.1) is 6.04 Å². The van der Waals surface area contributed by atoms with Crippen molar-refractivity contribution in [1.82, 2.24) is 10.6 Å². The normalized spacial score (nSPS) is 13.4. The zero-order valence-electron chi connectivity index (χ0n) is 12.8. The Morgan fingerprint density at radius 1 is 1.15 bits per heavy atom. The quantitative estimate of drug-likeness (QED) is 0.812. The number of benzene rings is 1. The maximum Gasteiger partial charge on any atom is 0.224 e. The van der Waals surface area contributed by atoms with E-state index in [1.165, 1.54) is 5.56 Å². The first-order valence-electron chi connectivity index (χ1n) is 7.04. The van der Waals surface area contributed by atoms with Crippen LogP contribution in [-0.4, -0.2) is 19.5 Å². The average molecular weight is 299 g/mol. The van der Waals surface area contributed by atoms with Crippen LogP contribution in [0.15, 0.2) is 30.3 Å². The van der Waals surface area contributed by atoms with Gasteiger partial charge in [-0.05, 0) is 24.9 Å². The molecule has 0 fully saturated rings. The number of nitrogens with one attached hydrogen (secondary N) is 2. The Bertz CT molecular complexity index is 381. The topological polar surface area (TPSA) is 41.1 Å². The summed E-state index contributed by atoms with van der Waals surface area (Å²) in [4.78, 5) is 12.1. The van der Waals surface area contributed by atoms with Crippen LogP contribution < -0.4 is 10.6 Å². The SMILES string of the molecule is CNCC(C)C(=O)NC(CC(C)C)c1ccccc1.Cl. The number of rotatable bonds is 7. The van der Waals surface area contributed by atoms with Crippen LogP contribution in [0.3, 0.4) is 0 Å². The molecule has 2 atom stereocenters. The fourth-order valence-corrected chi connectivity index (χ4v) is 2.15. The van der Waals surface area contributed by atoms with E-state index in [0.717, 1.165) is 6.42 Å². The van der Waals surface area contributed by atoms with Crippen molar-refractivity contribution in [3.63, 3.8) is 0 Å². The van der Waals surface area contributed by atoms with Gasteiger partial charge in [-0.1, -0.05) is 51.1 Å². The van der Waals surface area contributed by atoms with Crippen molar-refractivity contribution in [2.75, 3.05) is 13.6 Å². The molecule has 1 aromatic carbocycles. The molecule has 1 amide bonds. The Hall–Kier alpha value is -1.06. The summed E-state index contributed by atoms with van der Waals surface area (Å²) in [7, 11) is 1.87. The molecule has 114 valence electrons. The Morgan fingerprint density at radius 3 is 2.25 bits per heavy atom. The molecule has 2 N–H and O–H groups in total. The third kappa shape index (κ3) is 6.40.